The van der Waals surface area contributed by atoms with Gasteiger partial charge in [-0.2, -0.15) is 0 Å². The minimum absolute atomic E-state index is 0.120. The van der Waals surface area contributed by atoms with Gasteiger partial charge < -0.3 is 19.6 Å². The molecule has 0 aliphatic rings. The molecular formula is C17H21FN6O2. The van der Waals surface area contributed by atoms with Gasteiger partial charge in [-0.1, -0.05) is 0 Å². The molecule has 1 amide bonds. The number of amides is 1. The van der Waals surface area contributed by atoms with Crippen LogP contribution >= 0.6 is 0 Å². The van der Waals surface area contributed by atoms with Crippen LogP contribution in [0.25, 0.3) is 11.0 Å². The van der Waals surface area contributed by atoms with Crippen molar-refractivity contribution in [2.45, 2.75) is 32.4 Å². The molecule has 0 spiro atoms. The molecule has 9 heteroatoms. The summed E-state index contributed by atoms with van der Waals surface area (Å²) < 4.78 is 20.1. The number of aromatic nitrogens is 5. The Morgan fingerprint density at radius 1 is 1.46 bits per heavy atom. The molecule has 0 fully saturated rings. The fourth-order valence-corrected chi connectivity index (χ4v) is 2.72. The van der Waals surface area contributed by atoms with E-state index in [9.17, 15) is 9.18 Å². The SMILES string of the molecule is COCCn1cnnc1C(C)NC(=O)CCc1nc2ccc(F)cc2[nH]1. The molecule has 2 aromatic heterocycles. The van der Waals surface area contributed by atoms with Crippen molar-refractivity contribution < 1.29 is 13.9 Å². The molecule has 1 atom stereocenters. The summed E-state index contributed by atoms with van der Waals surface area (Å²) in [5.74, 6) is 0.883. The van der Waals surface area contributed by atoms with Crippen LogP contribution in [0.1, 0.15) is 31.0 Å². The maximum Gasteiger partial charge on any atom is 0.221 e. The number of methoxy groups -OCH3 is 1. The highest BCUT2D eigenvalue weighted by Crippen LogP contribution is 2.14. The molecular weight excluding hydrogens is 339 g/mol. The fourth-order valence-electron chi connectivity index (χ4n) is 2.72. The topological polar surface area (TPSA) is 97.7 Å². The molecule has 0 saturated carbocycles. The zero-order valence-electron chi connectivity index (χ0n) is 14.7. The van der Waals surface area contributed by atoms with Crippen LogP contribution in [-0.2, 0) is 22.5 Å². The largest absolute Gasteiger partial charge is 0.383 e. The molecule has 2 N–H and O–H groups in total. The number of benzene rings is 1. The van der Waals surface area contributed by atoms with E-state index in [-0.39, 0.29) is 24.2 Å². The van der Waals surface area contributed by atoms with Gasteiger partial charge in [0.05, 0.1) is 23.7 Å². The Bertz CT molecular complexity index is 890. The normalized spacial score (nSPS) is 12.4. The zero-order valence-corrected chi connectivity index (χ0v) is 14.7. The lowest BCUT2D eigenvalue weighted by molar-refractivity contribution is -0.121. The lowest BCUT2D eigenvalue weighted by Crippen LogP contribution is -2.29. The molecule has 138 valence electrons. The van der Waals surface area contributed by atoms with Crippen LogP contribution in [-0.4, -0.2) is 44.4 Å². The second kappa shape index (κ2) is 8.05. The van der Waals surface area contributed by atoms with Crippen LogP contribution in [0.4, 0.5) is 4.39 Å². The Kier molecular flexibility index (Phi) is 5.57. The molecule has 0 radical (unpaired) electrons. The number of halogens is 1. The highest BCUT2D eigenvalue weighted by atomic mass is 19.1. The molecule has 1 aromatic carbocycles. The van der Waals surface area contributed by atoms with Crippen molar-refractivity contribution in [2.24, 2.45) is 0 Å². The number of carbonyl (C=O) groups excluding carboxylic acids is 1. The van der Waals surface area contributed by atoms with Crippen LogP contribution in [0, 0.1) is 5.82 Å². The molecule has 0 saturated heterocycles. The number of rotatable bonds is 8. The third-order valence-electron chi connectivity index (χ3n) is 4.03. The lowest BCUT2D eigenvalue weighted by Gasteiger charge is -2.14. The van der Waals surface area contributed by atoms with E-state index in [0.717, 1.165) is 0 Å². The van der Waals surface area contributed by atoms with Crippen molar-refractivity contribution >= 4 is 16.9 Å². The zero-order chi connectivity index (χ0) is 18.5. The first-order chi connectivity index (χ1) is 12.6. The maximum atomic E-state index is 13.2. The van der Waals surface area contributed by atoms with Crippen LogP contribution in [0.3, 0.4) is 0 Å². The van der Waals surface area contributed by atoms with Crippen molar-refractivity contribution in [1.82, 2.24) is 30.0 Å². The summed E-state index contributed by atoms with van der Waals surface area (Å²) in [6, 6.07) is 4.09. The van der Waals surface area contributed by atoms with E-state index >= 15 is 0 Å². The Hall–Kier alpha value is -2.81. The molecule has 1 unspecified atom stereocenters. The summed E-state index contributed by atoms with van der Waals surface area (Å²) in [5, 5.41) is 10.9. The molecule has 8 nitrogen and oxygen atoms in total. The van der Waals surface area contributed by atoms with E-state index in [1.54, 1.807) is 19.5 Å². The number of hydrogen-bond donors (Lipinski definition) is 2. The van der Waals surface area contributed by atoms with Crippen molar-refractivity contribution in [3.63, 3.8) is 0 Å². The van der Waals surface area contributed by atoms with Crippen molar-refractivity contribution in [2.75, 3.05) is 13.7 Å². The molecule has 2 heterocycles. The van der Waals surface area contributed by atoms with Gasteiger partial charge in [0.15, 0.2) is 5.82 Å². The van der Waals surface area contributed by atoms with Crippen molar-refractivity contribution in [3.8, 4) is 0 Å². The molecule has 0 aliphatic heterocycles. The molecule has 3 rings (SSSR count). The highest BCUT2D eigenvalue weighted by Gasteiger charge is 2.16. The summed E-state index contributed by atoms with van der Waals surface area (Å²) in [6.07, 6.45) is 2.31. The Morgan fingerprint density at radius 3 is 3.12 bits per heavy atom. The average Bonchev–Trinajstić information content (AvgIpc) is 3.24. The van der Waals surface area contributed by atoms with Crippen molar-refractivity contribution in [1.29, 1.82) is 0 Å². The van der Waals surface area contributed by atoms with Gasteiger partial charge in [0, 0.05) is 26.5 Å². The number of hydrogen-bond acceptors (Lipinski definition) is 5. The molecule has 26 heavy (non-hydrogen) atoms. The number of nitrogens with one attached hydrogen (secondary N) is 2. The summed E-state index contributed by atoms with van der Waals surface area (Å²) >= 11 is 0. The number of aromatic amines is 1. The number of carbonyl (C=O) groups is 1. The number of aryl methyl sites for hydroxylation is 1. The lowest BCUT2D eigenvalue weighted by atomic mass is 10.2. The first-order valence-corrected chi connectivity index (χ1v) is 8.37. The second-order valence-corrected chi connectivity index (χ2v) is 6.01. The van der Waals surface area contributed by atoms with E-state index in [4.69, 9.17) is 4.74 Å². The molecule has 0 aliphatic carbocycles. The van der Waals surface area contributed by atoms with Crippen LogP contribution < -0.4 is 5.32 Å². The summed E-state index contributed by atoms with van der Waals surface area (Å²) in [4.78, 5) is 19.6. The van der Waals surface area contributed by atoms with Crippen LogP contribution in [0.2, 0.25) is 0 Å². The first kappa shape index (κ1) is 18.0. The Morgan fingerprint density at radius 2 is 2.31 bits per heavy atom. The fraction of sp³-hybridized carbons (Fsp3) is 0.412. The number of H-pyrrole nitrogens is 1. The third-order valence-corrected chi connectivity index (χ3v) is 4.03. The van der Waals surface area contributed by atoms with E-state index in [2.05, 4.69) is 25.5 Å². The Labute approximate surface area is 149 Å². The predicted molar refractivity (Wildman–Crippen MR) is 92.8 cm³/mol. The highest BCUT2D eigenvalue weighted by molar-refractivity contribution is 5.77. The molecule has 0 bridgehead atoms. The third kappa shape index (κ3) is 4.23. The standard InChI is InChI=1S/C17H21FN6O2/c1-11(17-23-19-10-24(17)7-8-26-2)20-16(25)6-5-15-21-13-4-3-12(18)9-14(13)22-15/h3-4,9-11H,5-8H2,1-2H3,(H,20,25)(H,21,22). The number of imidazole rings is 1. The predicted octanol–water partition coefficient (Wildman–Crippen LogP) is 1.75. The summed E-state index contributed by atoms with van der Waals surface area (Å²) in [6.45, 7) is 3.02. The number of ether oxygens (including phenoxy) is 1. The molecule has 3 aromatic rings. The van der Waals surface area contributed by atoms with Gasteiger partial charge in [-0.3, -0.25) is 4.79 Å². The Balaban J connectivity index is 1.55. The van der Waals surface area contributed by atoms with Gasteiger partial charge in [-0.05, 0) is 25.1 Å². The smallest absolute Gasteiger partial charge is 0.221 e. The van der Waals surface area contributed by atoms with Gasteiger partial charge in [-0.25, -0.2) is 9.37 Å². The van der Waals surface area contributed by atoms with Gasteiger partial charge in [0.2, 0.25) is 5.91 Å². The van der Waals surface area contributed by atoms with Crippen LogP contribution in [0.15, 0.2) is 24.5 Å². The van der Waals surface area contributed by atoms with Gasteiger partial charge >= 0.3 is 0 Å². The minimum atomic E-state index is -0.322. The van der Waals surface area contributed by atoms with E-state index in [0.29, 0.717) is 42.3 Å². The summed E-state index contributed by atoms with van der Waals surface area (Å²) in [5.41, 5.74) is 1.31. The minimum Gasteiger partial charge on any atom is -0.383 e. The quantitative estimate of drug-likeness (QED) is 0.638. The number of nitrogens with zero attached hydrogens (tertiary/aromatic N) is 4. The monoisotopic (exact) mass is 360 g/mol. The van der Waals surface area contributed by atoms with Gasteiger partial charge in [0.1, 0.15) is 18.0 Å². The van der Waals surface area contributed by atoms with Crippen molar-refractivity contribution in [3.05, 3.63) is 42.0 Å². The second-order valence-electron chi connectivity index (χ2n) is 6.01. The summed E-state index contributed by atoms with van der Waals surface area (Å²) in [7, 11) is 1.63. The average molecular weight is 360 g/mol. The van der Waals surface area contributed by atoms with Gasteiger partial charge in [-0.15, -0.1) is 10.2 Å². The number of fused-ring (bicyclic) bond motifs is 1. The van der Waals surface area contributed by atoms with E-state index in [1.165, 1.54) is 12.1 Å². The first-order valence-electron chi connectivity index (χ1n) is 8.37. The van der Waals surface area contributed by atoms with E-state index in [1.807, 2.05) is 11.5 Å². The maximum absolute atomic E-state index is 13.2. The van der Waals surface area contributed by atoms with Gasteiger partial charge in [0.25, 0.3) is 0 Å². The van der Waals surface area contributed by atoms with E-state index < -0.39 is 0 Å². The van der Waals surface area contributed by atoms with Crippen LogP contribution in [0.5, 0.6) is 0 Å².